The number of ether oxygens (including phenoxy) is 1. The molecule has 0 amide bonds. The molecule has 132 valence electrons. The SMILES string of the molecule is CC(C)[SiH2]O[SiH3].O=c1ccn([C@@H]2O[C@H](CO)[C@@H](O)[C@H]2O)c(=O)[nH]1. The lowest BCUT2D eigenvalue weighted by Crippen LogP contribution is -2.37. The van der Waals surface area contributed by atoms with Crippen molar-refractivity contribution < 1.29 is 24.2 Å². The molecule has 0 aliphatic carbocycles. The van der Waals surface area contributed by atoms with Crippen molar-refractivity contribution in [2.75, 3.05) is 6.61 Å². The van der Waals surface area contributed by atoms with Crippen molar-refractivity contribution in [3.8, 4) is 0 Å². The summed E-state index contributed by atoms with van der Waals surface area (Å²) >= 11 is 0. The Labute approximate surface area is 138 Å². The molecule has 9 nitrogen and oxygen atoms in total. The number of rotatable bonds is 4. The molecule has 11 heteroatoms. The maximum Gasteiger partial charge on any atom is 0.330 e. The molecular weight excluding hydrogens is 340 g/mol. The Kier molecular flexibility index (Phi) is 8.04. The molecule has 2 heterocycles. The predicted octanol–water partition coefficient (Wildman–Crippen LogP) is -3.66. The topological polar surface area (TPSA) is 134 Å². The Bertz CT molecular complexity index is 591. The second kappa shape index (κ2) is 9.27. The second-order valence-electron chi connectivity index (χ2n) is 5.60. The molecule has 1 aliphatic heterocycles. The van der Waals surface area contributed by atoms with E-state index in [9.17, 15) is 19.8 Å². The quantitative estimate of drug-likeness (QED) is 0.405. The molecule has 0 bridgehead atoms. The van der Waals surface area contributed by atoms with Gasteiger partial charge in [0.15, 0.2) is 6.23 Å². The van der Waals surface area contributed by atoms with Gasteiger partial charge in [-0.1, -0.05) is 13.8 Å². The molecule has 1 aromatic rings. The minimum atomic E-state index is -1.35. The fraction of sp³-hybridized carbons (Fsp3) is 0.667. The van der Waals surface area contributed by atoms with Gasteiger partial charge < -0.3 is 24.2 Å². The van der Waals surface area contributed by atoms with Gasteiger partial charge in [0.05, 0.1) is 6.61 Å². The molecular formula is C12H24N2O7Si2. The summed E-state index contributed by atoms with van der Waals surface area (Å²) in [6.07, 6.45) is -3.58. The third-order valence-corrected chi connectivity index (χ3v) is 5.14. The highest BCUT2D eigenvalue weighted by atomic mass is 28.3. The molecule has 1 saturated heterocycles. The summed E-state index contributed by atoms with van der Waals surface area (Å²) in [7, 11) is 0.867. The van der Waals surface area contributed by atoms with Crippen molar-refractivity contribution in [1.29, 1.82) is 0 Å². The fourth-order valence-electron chi connectivity index (χ4n) is 2.07. The van der Waals surface area contributed by atoms with Gasteiger partial charge in [-0.05, 0) is 5.54 Å². The van der Waals surface area contributed by atoms with Crippen LogP contribution < -0.4 is 11.2 Å². The Morgan fingerprint density at radius 1 is 1.43 bits per heavy atom. The van der Waals surface area contributed by atoms with Gasteiger partial charge in [0.25, 0.3) is 5.56 Å². The molecule has 0 saturated carbocycles. The summed E-state index contributed by atoms with van der Waals surface area (Å²) in [5.41, 5.74) is -0.479. The van der Waals surface area contributed by atoms with Crippen molar-refractivity contribution in [2.24, 2.45) is 0 Å². The first-order chi connectivity index (χ1) is 10.8. The molecule has 0 aromatic carbocycles. The largest absolute Gasteiger partial charge is 0.468 e. The van der Waals surface area contributed by atoms with Gasteiger partial charge in [0.1, 0.15) is 38.6 Å². The van der Waals surface area contributed by atoms with E-state index < -0.39 is 42.4 Å². The lowest BCUT2D eigenvalue weighted by Gasteiger charge is -2.16. The van der Waals surface area contributed by atoms with Crippen molar-refractivity contribution in [1.82, 2.24) is 9.55 Å². The first-order valence-corrected chi connectivity index (χ1v) is 9.45. The third-order valence-electron chi connectivity index (χ3n) is 3.14. The number of hydrogen-bond donors (Lipinski definition) is 4. The number of aliphatic hydroxyl groups excluding tert-OH is 3. The van der Waals surface area contributed by atoms with E-state index in [1.807, 2.05) is 4.98 Å². The zero-order valence-electron chi connectivity index (χ0n) is 13.4. The highest BCUT2D eigenvalue weighted by Crippen LogP contribution is 2.27. The number of H-pyrrole nitrogens is 1. The summed E-state index contributed by atoms with van der Waals surface area (Å²) < 4.78 is 11.2. The van der Waals surface area contributed by atoms with Gasteiger partial charge in [-0.15, -0.1) is 0 Å². The monoisotopic (exact) mass is 364 g/mol. The first kappa shape index (κ1) is 20.0. The minimum absolute atomic E-state index is 0.0818. The Morgan fingerprint density at radius 2 is 2.09 bits per heavy atom. The summed E-state index contributed by atoms with van der Waals surface area (Å²) in [6.45, 7) is 3.95. The van der Waals surface area contributed by atoms with E-state index in [0.717, 1.165) is 32.9 Å². The van der Waals surface area contributed by atoms with Gasteiger partial charge in [0, 0.05) is 12.3 Å². The molecule has 0 unspecified atom stereocenters. The summed E-state index contributed by atoms with van der Waals surface area (Å²) in [4.78, 5) is 24.3. The van der Waals surface area contributed by atoms with Crippen LogP contribution in [-0.2, 0) is 8.85 Å². The van der Waals surface area contributed by atoms with Crippen LogP contribution in [0.2, 0.25) is 5.54 Å². The van der Waals surface area contributed by atoms with Crippen LogP contribution in [-0.4, -0.2) is 70.0 Å². The number of nitrogens with one attached hydrogen (secondary N) is 1. The zero-order chi connectivity index (χ0) is 17.6. The number of aromatic nitrogens is 2. The lowest BCUT2D eigenvalue weighted by molar-refractivity contribution is -0.0550. The Balaban J connectivity index is 0.000000379. The van der Waals surface area contributed by atoms with Crippen LogP contribution in [0.4, 0.5) is 0 Å². The summed E-state index contributed by atoms with van der Waals surface area (Å²) in [5, 5.41) is 28.1. The van der Waals surface area contributed by atoms with Crippen LogP contribution in [0.1, 0.15) is 20.1 Å². The van der Waals surface area contributed by atoms with Gasteiger partial charge in [-0.3, -0.25) is 14.3 Å². The molecule has 23 heavy (non-hydrogen) atoms. The standard InChI is InChI=1S/C9H12N2O6.C3H12OSi2/c12-3-4-6(14)7(15)8(17-4)11-2-1-5(13)10-9(11)16;1-3(2)6-4-5/h1-2,4,6-8,12,14-15H,3H2,(H,10,13,16);3H,6H2,1-2,5H3/t4-,6-,7-,8-;/m1./s1. The third kappa shape index (κ3) is 5.49. The van der Waals surface area contributed by atoms with Gasteiger partial charge in [0.2, 0.25) is 0 Å². The van der Waals surface area contributed by atoms with E-state index in [1.54, 1.807) is 0 Å². The molecule has 1 fully saturated rings. The molecule has 1 aromatic heterocycles. The average Bonchev–Trinajstić information content (AvgIpc) is 2.76. The number of aliphatic hydroxyl groups is 3. The van der Waals surface area contributed by atoms with Crippen molar-refractivity contribution in [3.05, 3.63) is 33.1 Å². The number of nitrogens with zero attached hydrogens (tertiary/aromatic N) is 1. The number of hydrogen-bond acceptors (Lipinski definition) is 7. The molecule has 0 spiro atoms. The van der Waals surface area contributed by atoms with E-state index in [0.29, 0.717) is 0 Å². The summed E-state index contributed by atoms with van der Waals surface area (Å²) in [6, 6.07) is 1.09. The smallest absolute Gasteiger partial charge is 0.330 e. The van der Waals surface area contributed by atoms with E-state index in [-0.39, 0.29) is 9.76 Å². The molecule has 1 aliphatic rings. The lowest BCUT2D eigenvalue weighted by atomic mass is 10.1. The fourth-order valence-corrected chi connectivity index (χ4v) is 4.74. The average molecular weight is 365 g/mol. The van der Waals surface area contributed by atoms with Crippen LogP contribution in [0.5, 0.6) is 0 Å². The maximum absolute atomic E-state index is 11.4. The van der Waals surface area contributed by atoms with Gasteiger partial charge in [-0.2, -0.15) is 0 Å². The predicted molar refractivity (Wildman–Crippen MR) is 89.0 cm³/mol. The van der Waals surface area contributed by atoms with Gasteiger partial charge in [-0.25, -0.2) is 4.79 Å². The van der Waals surface area contributed by atoms with Crippen LogP contribution in [0.3, 0.4) is 0 Å². The molecule has 2 rings (SSSR count). The zero-order valence-corrected chi connectivity index (χ0v) is 16.8. The summed E-state index contributed by atoms with van der Waals surface area (Å²) in [5.74, 6) is 0. The van der Waals surface area contributed by atoms with Crippen LogP contribution in [0.15, 0.2) is 21.9 Å². The Morgan fingerprint density at radius 3 is 2.48 bits per heavy atom. The Hall–Kier alpha value is -1.09. The highest BCUT2D eigenvalue weighted by molar-refractivity contribution is 6.35. The normalized spacial score (nSPS) is 27.6. The minimum Gasteiger partial charge on any atom is -0.468 e. The maximum atomic E-state index is 11.4. The van der Waals surface area contributed by atoms with Crippen molar-refractivity contribution in [2.45, 2.75) is 43.9 Å². The van der Waals surface area contributed by atoms with Crippen molar-refractivity contribution >= 4 is 20.2 Å². The van der Waals surface area contributed by atoms with E-state index >= 15 is 0 Å². The van der Waals surface area contributed by atoms with Crippen molar-refractivity contribution in [3.63, 3.8) is 0 Å². The van der Waals surface area contributed by atoms with E-state index in [2.05, 4.69) is 13.8 Å². The first-order valence-electron chi connectivity index (χ1n) is 7.24. The van der Waals surface area contributed by atoms with Crippen LogP contribution in [0, 0.1) is 0 Å². The highest BCUT2D eigenvalue weighted by Gasteiger charge is 2.43. The molecule has 4 N–H and O–H groups in total. The van der Waals surface area contributed by atoms with Crippen LogP contribution >= 0.6 is 0 Å². The number of aromatic amines is 1. The molecule has 4 atom stereocenters. The van der Waals surface area contributed by atoms with Gasteiger partial charge >= 0.3 is 5.69 Å². The van der Waals surface area contributed by atoms with Crippen LogP contribution in [0.25, 0.3) is 0 Å². The second-order valence-corrected chi connectivity index (χ2v) is 9.87. The molecule has 0 radical (unpaired) electrons. The van der Waals surface area contributed by atoms with E-state index in [4.69, 9.17) is 14.0 Å². The van der Waals surface area contributed by atoms with E-state index in [1.165, 1.54) is 0 Å².